The van der Waals surface area contributed by atoms with Gasteiger partial charge >= 0.3 is 0 Å². The number of rotatable bonds is 5. The van der Waals surface area contributed by atoms with Crippen LogP contribution in [-0.2, 0) is 0 Å². The number of pyridine rings is 1. The fraction of sp³-hybridized carbons (Fsp3) is 0. The van der Waals surface area contributed by atoms with E-state index >= 15 is 0 Å². The number of benzene rings is 5. The van der Waals surface area contributed by atoms with Gasteiger partial charge in [0.15, 0.2) is 11.2 Å². The molecule has 0 atom stereocenters. The van der Waals surface area contributed by atoms with E-state index in [-0.39, 0.29) is 0 Å². The zero-order valence-corrected chi connectivity index (χ0v) is 20.7. The zero-order chi connectivity index (χ0) is 25.3. The van der Waals surface area contributed by atoms with Gasteiger partial charge < -0.3 is 9.32 Å². The highest BCUT2D eigenvalue weighted by Crippen LogP contribution is 2.43. The van der Waals surface area contributed by atoms with Crippen LogP contribution in [0.3, 0.4) is 0 Å². The highest BCUT2D eigenvalue weighted by Gasteiger charge is 2.19. The minimum Gasteiger partial charge on any atom is -0.452 e. The molecular formula is C35H24N2O. The van der Waals surface area contributed by atoms with Gasteiger partial charge in [-0.3, -0.25) is 4.98 Å². The van der Waals surface area contributed by atoms with Crippen molar-refractivity contribution in [2.24, 2.45) is 0 Å². The summed E-state index contributed by atoms with van der Waals surface area (Å²) in [7, 11) is 0. The van der Waals surface area contributed by atoms with E-state index in [1.807, 2.05) is 24.4 Å². The summed E-state index contributed by atoms with van der Waals surface area (Å²) in [5.74, 6) is 0. The molecule has 0 aliphatic rings. The predicted molar refractivity (Wildman–Crippen MR) is 157 cm³/mol. The van der Waals surface area contributed by atoms with E-state index in [4.69, 9.17) is 4.42 Å². The molecule has 3 nitrogen and oxygen atoms in total. The van der Waals surface area contributed by atoms with Gasteiger partial charge in [-0.05, 0) is 58.7 Å². The molecule has 2 heterocycles. The van der Waals surface area contributed by atoms with E-state index in [1.54, 1.807) is 6.20 Å². The Morgan fingerprint density at radius 3 is 1.92 bits per heavy atom. The second-order valence-corrected chi connectivity index (χ2v) is 9.29. The van der Waals surface area contributed by atoms with Crippen LogP contribution in [0.5, 0.6) is 0 Å². The maximum Gasteiger partial charge on any atom is 0.159 e. The molecule has 38 heavy (non-hydrogen) atoms. The lowest BCUT2D eigenvalue weighted by Gasteiger charge is -2.26. The molecule has 0 bridgehead atoms. The Bertz CT molecular complexity index is 1860. The van der Waals surface area contributed by atoms with Crippen LogP contribution in [0.1, 0.15) is 0 Å². The molecule has 0 radical (unpaired) electrons. The smallest absolute Gasteiger partial charge is 0.159 e. The zero-order valence-electron chi connectivity index (χ0n) is 20.7. The number of nitrogens with zero attached hydrogens (tertiary/aromatic N) is 2. The largest absolute Gasteiger partial charge is 0.452 e. The Kier molecular flexibility index (Phi) is 5.45. The Morgan fingerprint density at radius 2 is 1.16 bits per heavy atom. The average molecular weight is 489 g/mol. The summed E-state index contributed by atoms with van der Waals surface area (Å²) in [6.07, 6.45) is 3.60. The van der Waals surface area contributed by atoms with Crippen molar-refractivity contribution in [3.05, 3.63) is 146 Å². The molecule has 2 aromatic heterocycles. The Hall–Kier alpha value is -5.15. The first-order valence-corrected chi connectivity index (χ1v) is 12.7. The van der Waals surface area contributed by atoms with Crippen molar-refractivity contribution in [2.45, 2.75) is 0 Å². The van der Waals surface area contributed by atoms with Crippen LogP contribution in [0.4, 0.5) is 17.1 Å². The fourth-order valence-electron chi connectivity index (χ4n) is 5.13. The summed E-state index contributed by atoms with van der Waals surface area (Å²) >= 11 is 0. The number of furan rings is 1. The van der Waals surface area contributed by atoms with Crippen molar-refractivity contribution >= 4 is 39.0 Å². The molecule has 3 heteroatoms. The molecule has 0 fully saturated rings. The molecule has 0 aliphatic carbocycles. The number of hydrogen-bond acceptors (Lipinski definition) is 3. The molecule has 0 saturated heterocycles. The first-order valence-electron chi connectivity index (χ1n) is 12.7. The number of para-hydroxylation sites is 1. The SMILES string of the molecule is c1ccc(-c2ccc(N(c3cccc(-c4ccccc4)c3)c3cccc4c3oc3cnccc34)cc2)cc1. The van der Waals surface area contributed by atoms with Crippen LogP contribution >= 0.6 is 0 Å². The highest BCUT2D eigenvalue weighted by atomic mass is 16.3. The summed E-state index contributed by atoms with van der Waals surface area (Å²) in [4.78, 5) is 6.55. The van der Waals surface area contributed by atoms with Crippen LogP contribution in [0.2, 0.25) is 0 Å². The van der Waals surface area contributed by atoms with Crippen molar-refractivity contribution < 1.29 is 4.42 Å². The van der Waals surface area contributed by atoms with Crippen LogP contribution < -0.4 is 4.90 Å². The predicted octanol–water partition coefficient (Wildman–Crippen LogP) is 9.78. The number of anilines is 3. The molecule has 180 valence electrons. The van der Waals surface area contributed by atoms with Crippen molar-refractivity contribution in [3.63, 3.8) is 0 Å². The van der Waals surface area contributed by atoms with E-state index in [0.29, 0.717) is 0 Å². The third-order valence-corrected chi connectivity index (χ3v) is 6.97. The van der Waals surface area contributed by atoms with Crippen molar-refractivity contribution in [1.29, 1.82) is 0 Å². The van der Waals surface area contributed by atoms with Crippen LogP contribution in [0, 0.1) is 0 Å². The monoisotopic (exact) mass is 488 g/mol. The topological polar surface area (TPSA) is 29.3 Å². The lowest BCUT2D eigenvalue weighted by molar-refractivity contribution is 0.667. The Morgan fingerprint density at radius 1 is 0.500 bits per heavy atom. The normalized spacial score (nSPS) is 11.2. The second-order valence-electron chi connectivity index (χ2n) is 9.29. The molecule has 0 spiro atoms. The molecule has 0 N–H and O–H groups in total. The third-order valence-electron chi connectivity index (χ3n) is 6.97. The van der Waals surface area contributed by atoms with Crippen LogP contribution in [-0.4, -0.2) is 4.98 Å². The third kappa shape index (κ3) is 3.91. The summed E-state index contributed by atoms with van der Waals surface area (Å²) in [5.41, 5.74) is 9.45. The van der Waals surface area contributed by atoms with E-state index in [9.17, 15) is 0 Å². The molecule has 5 aromatic carbocycles. The van der Waals surface area contributed by atoms with E-state index < -0.39 is 0 Å². The van der Waals surface area contributed by atoms with Gasteiger partial charge in [-0.25, -0.2) is 0 Å². The second kappa shape index (κ2) is 9.38. The summed E-state index contributed by atoms with van der Waals surface area (Å²) in [5, 5.41) is 2.14. The van der Waals surface area contributed by atoms with Gasteiger partial charge in [-0.1, -0.05) is 97.1 Å². The summed E-state index contributed by atoms with van der Waals surface area (Å²) in [6.45, 7) is 0. The van der Waals surface area contributed by atoms with Gasteiger partial charge in [-0.2, -0.15) is 0 Å². The Balaban J connectivity index is 1.43. The first-order chi connectivity index (χ1) is 18.8. The van der Waals surface area contributed by atoms with Gasteiger partial charge in [0.05, 0.1) is 11.9 Å². The van der Waals surface area contributed by atoms with Crippen LogP contribution in [0.15, 0.2) is 150 Å². The van der Waals surface area contributed by atoms with Crippen molar-refractivity contribution in [1.82, 2.24) is 4.98 Å². The quantitative estimate of drug-likeness (QED) is 0.241. The fourth-order valence-corrected chi connectivity index (χ4v) is 5.13. The van der Waals surface area contributed by atoms with Gasteiger partial charge in [0.2, 0.25) is 0 Å². The van der Waals surface area contributed by atoms with Gasteiger partial charge in [0.1, 0.15) is 0 Å². The average Bonchev–Trinajstić information content (AvgIpc) is 3.38. The molecular weight excluding hydrogens is 464 g/mol. The number of fused-ring (bicyclic) bond motifs is 3. The van der Waals surface area contributed by atoms with E-state index in [0.717, 1.165) is 44.6 Å². The molecule has 7 aromatic rings. The minimum atomic E-state index is 0.785. The maximum atomic E-state index is 6.41. The van der Waals surface area contributed by atoms with Gasteiger partial charge in [-0.15, -0.1) is 0 Å². The number of hydrogen-bond donors (Lipinski definition) is 0. The Labute approximate surface area is 221 Å². The molecule has 0 amide bonds. The molecule has 0 aliphatic heterocycles. The molecule has 7 rings (SSSR count). The highest BCUT2D eigenvalue weighted by molar-refractivity contribution is 6.10. The van der Waals surface area contributed by atoms with Crippen molar-refractivity contribution in [3.8, 4) is 22.3 Å². The van der Waals surface area contributed by atoms with E-state index in [2.05, 4.69) is 125 Å². The van der Waals surface area contributed by atoms with Gasteiger partial charge in [0, 0.05) is 28.3 Å². The standard InChI is InChI=1S/C35H24N2O/c1-3-9-25(10-4-1)27-17-19-29(20-18-27)37(30-14-7-13-28(23-30)26-11-5-2-6-12-26)33-16-8-15-32-31-21-22-36-24-34(31)38-35(32)33/h1-24H. The lowest BCUT2D eigenvalue weighted by Crippen LogP contribution is -2.10. The van der Waals surface area contributed by atoms with E-state index in [1.165, 1.54) is 16.7 Å². The first kappa shape index (κ1) is 22.1. The lowest BCUT2D eigenvalue weighted by atomic mass is 10.0. The minimum absolute atomic E-state index is 0.785. The van der Waals surface area contributed by atoms with Crippen molar-refractivity contribution in [2.75, 3.05) is 4.90 Å². The summed E-state index contributed by atoms with van der Waals surface area (Å²) < 4.78 is 6.41. The maximum absolute atomic E-state index is 6.41. The van der Waals surface area contributed by atoms with Gasteiger partial charge in [0.25, 0.3) is 0 Å². The van der Waals surface area contributed by atoms with Crippen LogP contribution in [0.25, 0.3) is 44.2 Å². The summed E-state index contributed by atoms with van der Waals surface area (Å²) in [6, 6.07) is 46.7. The number of aromatic nitrogens is 1. The molecule has 0 saturated carbocycles. The molecule has 0 unspecified atom stereocenters.